The van der Waals surface area contributed by atoms with Crippen LogP contribution in [0.2, 0.25) is 0 Å². The van der Waals surface area contributed by atoms with E-state index in [4.69, 9.17) is 0 Å². The van der Waals surface area contributed by atoms with Crippen molar-refractivity contribution >= 4 is 84.8 Å². The lowest BCUT2D eigenvalue weighted by molar-refractivity contribution is 1.18. The van der Waals surface area contributed by atoms with Gasteiger partial charge < -0.3 is 4.57 Å². The molecular weight excluding hydrogens is 779 g/mol. The van der Waals surface area contributed by atoms with Crippen molar-refractivity contribution in [2.75, 3.05) is 0 Å². The number of benzene rings is 9. The van der Waals surface area contributed by atoms with Crippen LogP contribution in [0.5, 0.6) is 0 Å². The molecule has 0 spiro atoms. The highest BCUT2D eigenvalue weighted by molar-refractivity contribution is 7.27. The van der Waals surface area contributed by atoms with E-state index >= 15 is 0 Å². The van der Waals surface area contributed by atoms with Crippen molar-refractivity contribution in [2.24, 2.45) is 0 Å². The van der Waals surface area contributed by atoms with Crippen molar-refractivity contribution in [3.05, 3.63) is 199 Å². The van der Waals surface area contributed by atoms with Gasteiger partial charge >= 0.3 is 0 Å². The van der Waals surface area contributed by atoms with Crippen molar-refractivity contribution in [3.63, 3.8) is 0 Å². The predicted octanol–water partition coefficient (Wildman–Crippen LogP) is 15.9. The molecule has 61 heavy (non-hydrogen) atoms. The quantitative estimate of drug-likeness (QED) is 0.174. The molecule has 12 rings (SSSR count). The molecule has 0 fully saturated rings. The molecule has 0 atom stereocenters. The van der Waals surface area contributed by atoms with Gasteiger partial charge in [-0.1, -0.05) is 170 Å². The van der Waals surface area contributed by atoms with Crippen LogP contribution in [0.4, 0.5) is 0 Å². The van der Waals surface area contributed by atoms with Gasteiger partial charge in [-0.15, -0.1) is 22.7 Å². The summed E-state index contributed by atoms with van der Waals surface area (Å²) in [6.45, 7) is 0. The molecule has 0 radical (unpaired) electrons. The number of thiophene rings is 2. The monoisotopic (exact) mass is 809 g/mol. The molecule has 3 aromatic heterocycles. The lowest BCUT2D eigenvalue weighted by Gasteiger charge is -2.24. The third-order valence-electron chi connectivity index (χ3n) is 12.1. The average Bonchev–Trinajstić information content (AvgIpc) is 4.01. The molecule has 0 bridgehead atoms. The van der Waals surface area contributed by atoms with Crippen LogP contribution >= 0.6 is 22.7 Å². The minimum atomic E-state index is 0.513. The molecule has 3 heterocycles. The van der Waals surface area contributed by atoms with E-state index in [9.17, 15) is 10.5 Å². The molecule has 9 aromatic carbocycles. The average molecular weight is 810 g/mol. The first-order chi connectivity index (χ1) is 30.2. The third-order valence-corrected chi connectivity index (χ3v) is 14.5. The number of nitrogens with zero attached hydrogens (tertiary/aromatic N) is 3. The van der Waals surface area contributed by atoms with Gasteiger partial charge in [0.05, 0.1) is 37.2 Å². The molecule has 0 saturated heterocycles. The Hall–Kier alpha value is -7.80. The number of rotatable bonds is 5. The van der Waals surface area contributed by atoms with E-state index in [2.05, 4.69) is 150 Å². The van der Waals surface area contributed by atoms with Crippen LogP contribution in [0, 0.1) is 22.7 Å². The Morgan fingerprint density at radius 2 is 0.770 bits per heavy atom. The van der Waals surface area contributed by atoms with E-state index in [1.54, 1.807) is 22.7 Å². The zero-order valence-corrected chi connectivity index (χ0v) is 34.2. The van der Waals surface area contributed by atoms with Gasteiger partial charge in [-0.2, -0.15) is 10.5 Å². The first-order valence-corrected chi connectivity index (χ1v) is 21.8. The van der Waals surface area contributed by atoms with Gasteiger partial charge in [-0.3, -0.25) is 0 Å². The van der Waals surface area contributed by atoms with Gasteiger partial charge in [0, 0.05) is 58.4 Å². The van der Waals surface area contributed by atoms with Gasteiger partial charge in [-0.25, -0.2) is 0 Å². The van der Waals surface area contributed by atoms with Crippen LogP contribution in [-0.4, -0.2) is 4.57 Å². The largest absolute Gasteiger partial charge is 0.304 e. The van der Waals surface area contributed by atoms with Crippen LogP contribution in [0.25, 0.3) is 112 Å². The maximum Gasteiger partial charge on any atom is 0.102 e. The van der Waals surface area contributed by atoms with E-state index in [0.717, 1.165) is 75.7 Å². The van der Waals surface area contributed by atoms with Crippen molar-refractivity contribution in [2.45, 2.75) is 0 Å². The number of aromatic nitrogens is 1. The van der Waals surface area contributed by atoms with E-state index in [0.29, 0.717) is 16.8 Å². The van der Waals surface area contributed by atoms with Crippen molar-refractivity contribution in [3.8, 4) is 62.3 Å². The van der Waals surface area contributed by atoms with E-state index in [1.165, 1.54) is 30.9 Å². The summed E-state index contributed by atoms with van der Waals surface area (Å²) in [7, 11) is 0. The fourth-order valence-corrected chi connectivity index (χ4v) is 12.0. The second-order valence-electron chi connectivity index (χ2n) is 15.3. The van der Waals surface area contributed by atoms with Crippen molar-refractivity contribution in [1.82, 2.24) is 4.57 Å². The molecular formula is C56H31N3S2. The minimum absolute atomic E-state index is 0.513. The van der Waals surface area contributed by atoms with Gasteiger partial charge in [0.15, 0.2) is 0 Å². The summed E-state index contributed by atoms with van der Waals surface area (Å²) in [5.74, 6) is 0. The SMILES string of the molecule is N#Cc1c(-c2cccc(-c3ccccc3)c2)c(-c2ccccc2)c(C#N)c(-n2c3c(ccc4c5ccccc5sc43)c3ccc4c5ccccc5sc4c32)c1-c1ccccc1. The third kappa shape index (κ3) is 5.26. The smallest absolute Gasteiger partial charge is 0.102 e. The Morgan fingerprint density at radius 3 is 1.31 bits per heavy atom. The molecule has 0 aliphatic heterocycles. The number of hydrogen-bond acceptors (Lipinski definition) is 4. The summed E-state index contributed by atoms with van der Waals surface area (Å²) < 4.78 is 7.07. The van der Waals surface area contributed by atoms with Gasteiger partial charge in [0.25, 0.3) is 0 Å². The Kier molecular flexibility index (Phi) is 8.02. The zero-order chi connectivity index (χ0) is 40.6. The molecule has 282 valence electrons. The molecule has 0 aliphatic carbocycles. The number of hydrogen-bond donors (Lipinski definition) is 0. The number of fused-ring (bicyclic) bond motifs is 11. The zero-order valence-electron chi connectivity index (χ0n) is 32.6. The van der Waals surface area contributed by atoms with Crippen LogP contribution < -0.4 is 0 Å². The molecule has 12 aromatic rings. The second-order valence-corrected chi connectivity index (χ2v) is 17.4. The molecule has 0 unspecified atom stereocenters. The Morgan fingerprint density at radius 1 is 0.344 bits per heavy atom. The maximum atomic E-state index is 12.0. The first-order valence-electron chi connectivity index (χ1n) is 20.2. The predicted molar refractivity (Wildman–Crippen MR) is 258 cm³/mol. The van der Waals surface area contributed by atoms with Gasteiger partial charge in [0.2, 0.25) is 0 Å². The number of nitriles is 2. The van der Waals surface area contributed by atoms with Crippen molar-refractivity contribution < 1.29 is 0 Å². The molecule has 0 N–H and O–H groups in total. The molecule has 0 amide bonds. The lowest BCUT2D eigenvalue weighted by Crippen LogP contribution is -2.08. The lowest BCUT2D eigenvalue weighted by atomic mass is 9.81. The molecule has 3 nitrogen and oxygen atoms in total. The minimum Gasteiger partial charge on any atom is -0.304 e. The fourth-order valence-electron chi connectivity index (χ4n) is 9.50. The normalized spacial score (nSPS) is 11.6. The summed E-state index contributed by atoms with van der Waals surface area (Å²) in [5, 5.41) is 30.7. The van der Waals surface area contributed by atoms with Crippen LogP contribution in [0.3, 0.4) is 0 Å². The van der Waals surface area contributed by atoms with E-state index in [-0.39, 0.29) is 0 Å². The van der Waals surface area contributed by atoms with Crippen LogP contribution in [0.1, 0.15) is 11.1 Å². The van der Waals surface area contributed by atoms with E-state index in [1.807, 2.05) is 54.6 Å². The maximum absolute atomic E-state index is 12.0. The fraction of sp³-hybridized carbons (Fsp3) is 0. The highest BCUT2D eigenvalue weighted by Crippen LogP contribution is 2.52. The topological polar surface area (TPSA) is 52.5 Å². The molecule has 5 heteroatoms. The summed E-state index contributed by atoms with van der Waals surface area (Å²) in [6, 6.07) is 70.9. The standard InChI is InChI=1S/C56H31N3S2/c57-32-45-50(38-22-14-21-37(31-38)34-15-4-1-5-16-34)49(35-17-6-2-7-18-35)46(33-58)52(51(45)36-19-8-3-9-20-36)59-53-41(27-29-43-39-23-10-12-25-47(39)60-55(43)53)42-28-30-44-40-24-11-13-26-48(40)61-56(44)54(42)59/h1-31H. The Bertz CT molecular complexity index is 3700. The van der Waals surface area contributed by atoms with Gasteiger partial charge in [-0.05, 0) is 46.0 Å². The van der Waals surface area contributed by atoms with Gasteiger partial charge in [0.1, 0.15) is 12.1 Å². The summed E-state index contributed by atoms with van der Waals surface area (Å²) in [5.41, 5.74) is 10.8. The van der Waals surface area contributed by atoms with Crippen LogP contribution in [-0.2, 0) is 0 Å². The van der Waals surface area contributed by atoms with E-state index < -0.39 is 0 Å². The van der Waals surface area contributed by atoms with Crippen molar-refractivity contribution in [1.29, 1.82) is 10.5 Å². The summed E-state index contributed by atoms with van der Waals surface area (Å²) in [6.07, 6.45) is 0. The summed E-state index contributed by atoms with van der Waals surface area (Å²) >= 11 is 3.57. The highest BCUT2D eigenvalue weighted by atomic mass is 32.1. The molecule has 0 aliphatic rings. The molecule has 0 saturated carbocycles. The highest BCUT2D eigenvalue weighted by Gasteiger charge is 2.31. The Balaban J connectivity index is 1.35. The summed E-state index contributed by atoms with van der Waals surface area (Å²) in [4.78, 5) is 0. The first kappa shape index (κ1) is 35.2. The second kappa shape index (κ2) is 13.9. The van der Waals surface area contributed by atoms with Crippen LogP contribution in [0.15, 0.2) is 188 Å². The Labute approximate surface area is 359 Å².